The van der Waals surface area contributed by atoms with Crippen molar-refractivity contribution in [3.8, 4) is 29.1 Å². The van der Waals surface area contributed by atoms with Crippen molar-refractivity contribution in [2.24, 2.45) is 0 Å². The van der Waals surface area contributed by atoms with E-state index in [4.69, 9.17) is 5.73 Å². The Morgan fingerprint density at radius 1 is 0.960 bits per heavy atom. The van der Waals surface area contributed by atoms with Gasteiger partial charge in [-0.05, 0) is 23.3 Å². The van der Waals surface area contributed by atoms with Crippen LogP contribution in [0.5, 0.6) is 0 Å². The van der Waals surface area contributed by atoms with E-state index in [1.165, 1.54) is 12.1 Å². The predicted molar refractivity (Wildman–Crippen MR) is 89.4 cm³/mol. The Labute approximate surface area is 143 Å². The summed E-state index contributed by atoms with van der Waals surface area (Å²) < 4.78 is 1.57. The van der Waals surface area contributed by atoms with Crippen molar-refractivity contribution in [3.05, 3.63) is 71.3 Å². The SMILES string of the molecule is N#Cc1c(C#N)c(-c2ccccc2)n(-c2ccc(C(=O)[O-])cc2)c1N. The second-order valence-electron chi connectivity index (χ2n) is 5.24. The zero-order chi connectivity index (χ0) is 18.0. The van der Waals surface area contributed by atoms with E-state index < -0.39 is 5.97 Å². The van der Waals surface area contributed by atoms with Gasteiger partial charge >= 0.3 is 0 Å². The maximum Gasteiger partial charge on any atom is 0.128 e. The Kier molecular flexibility index (Phi) is 3.95. The number of hydrogen-bond donors (Lipinski definition) is 1. The van der Waals surface area contributed by atoms with Gasteiger partial charge in [-0.15, -0.1) is 0 Å². The summed E-state index contributed by atoms with van der Waals surface area (Å²) in [5, 5.41) is 29.9. The van der Waals surface area contributed by atoms with Crippen molar-refractivity contribution in [2.75, 3.05) is 5.73 Å². The first-order valence-corrected chi connectivity index (χ1v) is 7.30. The number of rotatable bonds is 3. The fourth-order valence-electron chi connectivity index (χ4n) is 2.70. The number of aromatic nitrogens is 1. The monoisotopic (exact) mass is 327 g/mol. The molecule has 0 radical (unpaired) electrons. The molecule has 0 bridgehead atoms. The molecule has 3 aromatic rings. The topological polar surface area (TPSA) is 119 Å². The number of carboxylic acid groups (broad SMARTS) is 1. The van der Waals surface area contributed by atoms with E-state index in [1.807, 2.05) is 42.5 Å². The molecule has 3 rings (SSSR count). The van der Waals surface area contributed by atoms with E-state index in [1.54, 1.807) is 16.7 Å². The van der Waals surface area contributed by atoms with Crippen LogP contribution in [-0.2, 0) is 0 Å². The molecule has 0 fully saturated rings. The zero-order valence-electron chi connectivity index (χ0n) is 12.9. The summed E-state index contributed by atoms with van der Waals surface area (Å²) in [5.41, 5.74) is 8.15. The fraction of sp³-hybridized carbons (Fsp3) is 0. The Bertz CT molecular complexity index is 1040. The predicted octanol–water partition coefficient (Wildman–Crippen LogP) is 1.83. The van der Waals surface area contributed by atoms with Crippen molar-refractivity contribution >= 4 is 11.8 Å². The van der Waals surface area contributed by atoms with Crippen molar-refractivity contribution in [2.45, 2.75) is 0 Å². The molecule has 6 nitrogen and oxygen atoms in total. The van der Waals surface area contributed by atoms with Gasteiger partial charge in [0.1, 0.15) is 23.5 Å². The molecule has 0 saturated heterocycles. The number of nitrogens with two attached hydrogens (primary N) is 1. The van der Waals surface area contributed by atoms with Crippen LogP contribution in [0.2, 0.25) is 0 Å². The molecule has 25 heavy (non-hydrogen) atoms. The lowest BCUT2D eigenvalue weighted by Gasteiger charge is -2.13. The fourth-order valence-corrected chi connectivity index (χ4v) is 2.70. The van der Waals surface area contributed by atoms with Crippen LogP contribution in [0.1, 0.15) is 21.5 Å². The highest BCUT2D eigenvalue weighted by Gasteiger charge is 2.23. The Balaban J connectivity index is 2.33. The van der Waals surface area contributed by atoms with Crippen molar-refractivity contribution in [1.82, 2.24) is 4.57 Å². The van der Waals surface area contributed by atoms with Gasteiger partial charge in [0.2, 0.25) is 0 Å². The number of nitriles is 2. The minimum Gasteiger partial charge on any atom is -0.545 e. The number of carbonyl (C=O) groups is 1. The molecule has 0 amide bonds. The van der Waals surface area contributed by atoms with Crippen LogP contribution in [0.25, 0.3) is 16.9 Å². The highest BCUT2D eigenvalue weighted by Crippen LogP contribution is 2.35. The van der Waals surface area contributed by atoms with E-state index in [0.717, 1.165) is 5.56 Å². The molecule has 0 aliphatic carbocycles. The number of hydrogen-bond acceptors (Lipinski definition) is 5. The number of aromatic carboxylic acids is 1. The first-order chi connectivity index (χ1) is 12.1. The van der Waals surface area contributed by atoms with Crippen molar-refractivity contribution in [3.63, 3.8) is 0 Å². The van der Waals surface area contributed by atoms with Crippen LogP contribution >= 0.6 is 0 Å². The minimum atomic E-state index is -1.29. The number of carbonyl (C=O) groups excluding carboxylic acids is 1. The van der Waals surface area contributed by atoms with Crippen LogP contribution in [0, 0.1) is 22.7 Å². The molecule has 6 heteroatoms. The molecule has 1 aromatic heterocycles. The van der Waals surface area contributed by atoms with Gasteiger partial charge in [0, 0.05) is 5.69 Å². The molecule has 2 N–H and O–H groups in total. The summed E-state index contributed by atoms with van der Waals surface area (Å²) in [6, 6.07) is 19.0. The Morgan fingerprint density at radius 3 is 2.08 bits per heavy atom. The third-order valence-corrected chi connectivity index (χ3v) is 3.84. The molecule has 2 aromatic carbocycles. The van der Waals surface area contributed by atoms with Crippen LogP contribution in [-0.4, -0.2) is 10.5 Å². The maximum absolute atomic E-state index is 10.9. The van der Waals surface area contributed by atoms with Gasteiger partial charge in [0.25, 0.3) is 0 Å². The van der Waals surface area contributed by atoms with Gasteiger partial charge in [0.05, 0.1) is 17.2 Å². The summed E-state index contributed by atoms with van der Waals surface area (Å²) >= 11 is 0. The smallest absolute Gasteiger partial charge is 0.128 e. The highest BCUT2D eigenvalue weighted by atomic mass is 16.4. The average molecular weight is 327 g/mol. The number of carboxylic acids is 1. The first kappa shape index (κ1) is 15.9. The lowest BCUT2D eigenvalue weighted by molar-refractivity contribution is -0.255. The number of benzene rings is 2. The van der Waals surface area contributed by atoms with Gasteiger partial charge in [-0.1, -0.05) is 42.5 Å². The third-order valence-electron chi connectivity index (χ3n) is 3.84. The highest BCUT2D eigenvalue weighted by molar-refractivity contribution is 5.86. The van der Waals surface area contributed by atoms with Crippen LogP contribution in [0.4, 0.5) is 5.82 Å². The van der Waals surface area contributed by atoms with Crippen molar-refractivity contribution < 1.29 is 9.90 Å². The number of anilines is 1. The molecule has 0 atom stereocenters. The van der Waals surface area contributed by atoms with Crippen LogP contribution < -0.4 is 10.8 Å². The average Bonchev–Trinajstić information content (AvgIpc) is 2.93. The summed E-state index contributed by atoms with van der Waals surface area (Å²) in [4.78, 5) is 10.9. The summed E-state index contributed by atoms with van der Waals surface area (Å²) in [7, 11) is 0. The normalized spacial score (nSPS) is 10.0. The molecule has 0 unspecified atom stereocenters. The molecule has 120 valence electrons. The molecule has 0 saturated carbocycles. The van der Waals surface area contributed by atoms with Crippen LogP contribution in [0.3, 0.4) is 0 Å². The molecule has 0 aliphatic heterocycles. The molecular formula is C19H11N4O2-. The molecule has 0 aliphatic rings. The third kappa shape index (κ3) is 2.58. The largest absolute Gasteiger partial charge is 0.545 e. The second kappa shape index (κ2) is 6.23. The van der Waals surface area contributed by atoms with Gasteiger partial charge in [-0.25, -0.2) is 0 Å². The number of nitrogen functional groups attached to an aromatic ring is 1. The van der Waals surface area contributed by atoms with E-state index >= 15 is 0 Å². The molecule has 0 spiro atoms. The van der Waals surface area contributed by atoms with Crippen molar-refractivity contribution in [1.29, 1.82) is 10.5 Å². The van der Waals surface area contributed by atoms with Gasteiger partial charge in [-0.3, -0.25) is 4.57 Å². The summed E-state index contributed by atoms with van der Waals surface area (Å²) in [5.74, 6) is -1.16. The van der Waals surface area contributed by atoms with Crippen LogP contribution in [0.15, 0.2) is 54.6 Å². The zero-order valence-corrected chi connectivity index (χ0v) is 12.9. The quantitative estimate of drug-likeness (QED) is 0.787. The van der Waals surface area contributed by atoms with E-state index in [-0.39, 0.29) is 22.5 Å². The molecule has 1 heterocycles. The van der Waals surface area contributed by atoms with E-state index in [9.17, 15) is 20.4 Å². The van der Waals surface area contributed by atoms with E-state index in [2.05, 4.69) is 0 Å². The lowest BCUT2D eigenvalue weighted by atomic mass is 10.1. The lowest BCUT2D eigenvalue weighted by Crippen LogP contribution is -2.22. The maximum atomic E-state index is 10.9. The summed E-state index contributed by atoms with van der Waals surface area (Å²) in [6.07, 6.45) is 0. The minimum absolute atomic E-state index is 0.0248. The Morgan fingerprint density at radius 2 is 1.56 bits per heavy atom. The first-order valence-electron chi connectivity index (χ1n) is 7.30. The van der Waals surface area contributed by atoms with E-state index in [0.29, 0.717) is 11.4 Å². The summed E-state index contributed by atoms with van der Waals surface area (Å²) in [6.45, 7) is 0. The molecular weight excluding hydrogens is 316 g/mol. The van der Waals surface area contributed by atoms with Gasteiger partial charge in [0.15, 0.2) is 0 Å². The standard InChI is InChI=1S/C19H12N4O2/c20-10-15-16(11-21)18(22)23(17(15)12-4-2-1-3-5-12)14-8-6-13(7-9-14)19(24)25/h1-9H,22H2,(H,24,25)/p-1. The van der Waals surface area contributed by atoms with Gasteiger partial charge < -0.3 is 15.6 Å². The second-order valence-corrected chi connectivity index (χ2v) is 5.24. The Hall–Kier alpha value is -4.03. The van der Waals surface area contributed by atoms with Gasteiger partial charge in [-0.2, -0.15) is 10.5 Å². The number of nitrogens with zero attached hydrogens (tertiary/aromatic N) is 3.